The van der Waals surface area contributed by atoms with Crippen LogP contribution >= 0.6 is 22.7 Å². The van der Waals surface area contributed by atoms with Crippen molar-refractivity contribution < 1.29 is 23.1 Å². The van der Waals surface area contributed by atoms with Crippen LogP contribution in [0.25, 0.3) is 10.2 Å². The Hall–Kier alpha value is -3.18. The highest BCUT2D eigenvalue weighted by Crippen LogP contribution is 2.32. The van der Waals surface area contributed by atoms with Gasteiger partial charge in [-0.15, -0.1) is 11.3 Å². The standard InChI is InChI=1S/C32H43N7O5S3/c1-4-39(37-14-12-33-13-15-37)31-35-27-11-10-26(17-30(27)46-31)47(42,43)38(19-23(2)3)20-29(40)28(16-24-8-6-5-7-9-24)36-32(41)44-21-25-18-34-22-45-25/h5-11,17-18,22-23,28-29,33,40H,4,12-16,19-21H2,1-3H3,(H,36,41). The van der Waals surface area contributed by atoms with Gasteiger partial charge < -0.3 is 20.5 Å². The van der Waals surface area contributed by atoms with Gasteiger partial charge in [0.05, 0.1) is 37.6 Å². The fourth-order valence-electron chi connectivity index (χ4n) is 5.47. The molecule has 15 heteroatoms. The number of aromatic nitrogens is 2. The number of nitrogens with one attached hydrogen (secondary N) is 2. The van der Waals surface area contributed by atoms with Crippen LogP contribution < -0.4 is 15.6 Å². The van der Waals surface area contributed by atoms with E-state index in [0.717, 1.165) is 58.5 Å². The van der Waals surface area contributed by atoms with Crippen LogP contribution in [0.5, 0.6) is 0 Å². The van der Waals surface area contributed by atoms with E-state index in [0.29, 0.717) is 0 Å². The summed E-state index contributed by atoms with van der Waals surface area (Å²) in [7, 11) is -4.02. The second-order valence-corrected chi connectivity index (χ2v) is 15.7. The number of rotatable bonds is 15. The maximum absolute atomic E-state index is 14.2. The molecular weight excluding hydrogens is 659 g/mol. The zero-order chi connectivity index (χ0) is 33.4. The molecule has 1 saturated heterocycles. The van der Waals surface area contributed by atoms with Crippen molar-refractivity contribution in [1.29, 1.82) is 0 Å². The number of hydrogen-bond acceptors (Lipinski definition) is 12. The number of carbonyl (C=O) groups excluding carboxylic acids is 1. The molecule has 12 nitrogen and oxygen atoms in total. The predicted octanol–water partition coefficient (Wildman–Crippen LogP) is 3.94. The van der Waals surface area contributed by atoms with Crippen molar-refractivity contribution >= 4 is 54.1 Å². The first-order valence-corrected chi connectivity index (χ1v) is 18.9. The molecule has 2 unspecified atom stereocenters. The van der Waals surface area contributed by atoms with Gasteiger partial charge >= 0.3 is 6.09 Å². The lowest BCUT2D eigenvalue weighted by atomic mass is 10.0. The number of amides is 1. The van der Waals surface area contributed by atoms with Gasteiger partial charge in [-0.3, -0.25) is 9.99 Å². The van der Waals surface area contributed by atoms with Crippen molar-refractivity contribution in [2.24, 2.45) is 5.92 Å². The predicted molar refractivity (Wildman–Crippen MR) is 186 cm³/mol. The maximum Gasteiger partial charge on any atom is 0.407 e. The quantitative estimate of drug-likeness (QED) is 0.167. The summed E-state index contributed by atoms with van der Waals surface area (Å²) in [6, 6.07) is 13.6. The van der Waals surface area contributed by atoms with E-state index in [4.69, 9.17) is 9.72 Å². The third-order valence-electron chi connectivity index (χ3n) is 7.80. The summed E-state index contributed by atoms with van der Waals surface area (Å²) in [4.78, 5) is 22.6. The van der Waals surface area contributed by atoms with Crippen molar-refractivity contribution in [3.63, 3.8) is 0 Å². The molecular formula is C32H43N7O5S3. The maximum atomic E-state index is 14.2. The van der Waals surface area contributed by atoms with Crippen LogP contribution in [0.15, 0.2) is 65.1 Å². The van der Waals surface area contributed by atoms with Gasteiger partial charge in [-0.2, -0.15) is 4.31 Å². The van der Waals surface area contributed by atoms with Crippen molar-refractivity contribution in [3.05, 3.63) is 70.7 Å². The molecule has 1 aliphatic rings. The lowest BCUT2D eigenvalue weighted by molar-refractivity contribution is 0.0876. The van der Waals surface area contributed by atoms with Gasteiger partial charge in [0.2, 0.25) is 15.2 Å². The van der Waals surface area contributed by atoms with Gasteiger partial charge in [0.1, 0.15) is 6.61 Å². The molecule has 0 spiro atoms. The number of nitrogens with zero attached hydrogens (tertiary/aromatic N) is 5. The summed E-state index contributed by atoms with van der Waals surface area (Å²) in [5.41, 5.74) is 3.27. The average molecular weight is 702 g/mol. The molecule has 0 radical (unpaired) electrons. The highest BCUT2D eigenvalue weighted by molar-refractivity contribution is 7.89. The Morgan fingerprint density at radius 1 is 1.15 bits per heavy atom. The van der Waals surface area contributed by atoms with Crippen LogP contribution in [0, 0.1) is 5.92 Å². The number of aliphatic hydroxyl groups excluding tert-OH is 1. The fraction of sp³-hybridized carbons (Fsp3) is 0.469. The molecule has 1 amide bonds. The van der Waals surface area contributed by atoms with E-state index >= 15 is 0 Å². The van der Waals surface area contributed by atoms with Crippen molar-refractivity contribution in [3.8, 4) is 0 Å². The van der Waals surface area contributed by atoms with Gasteiger partial charge in [-0.1, -0.05) is 55.5 Å². The zero-order valence-corrected chi connectivity index (χ0v) is 29.4. The van der Waals surface area contributed by atoms with Crippen molar-refractivity contribution in [1.82, 2.24) is 29.9 Å². The minimum Gasteiger partial charge on any atom is -0.444 e. The van der Waals surface area contributed by atoms with Crippen molar-refractivity contribution in [2.45, 2.75) is 50.8 Å². The van der Waals surface area contributed by atoms with Gasteiger partial charge in [-0.25, -0.2) is 23.2 Å². The van der Waals surface area contributed by atoms with Gasteiger partial charge in [0.15, 0.2) is 0 Å². The SMILES string of the molecule is CCN(c1nc2ccc(S(=O)(=O)N(CC(C)C)CC(O)C(Cc3ccccc3)NC(=O)OCc3cncs3)cc2s1)N1CCNCC1. The summed E-state index contributed by atoms with van der Waals surface area (Å²) < 4.78 is 35.8. The third kappa shape index (κ3) is 9.25. The second-order valence-electron chi connectivity index (χ2n) is 11.8. The number of alkyl carbamates (subject to hydrolysis) is 1. The lowest BCUT2D eigenvalue weighted by Gasteiger charge is -2.36. The number of piperazine rings is 1. The highest BCUT2D eigenvalue weighted by atomic mass is 32.2. The highest BCUT2D eigenvalue weighted by Gasteiger charge is 2.32. The van der Waals surface area contributed by atoms with Gasteiger partial charge in [-0.05, 0) is 43.0 Å². The monoisotopic (exact) mass is 701 g/mol. The Kier molecular flexibility index (Phi) is 12.2. The molecule has 4 aromatic rings. The Bertz CT molecular complexity index is 1680. The number of hydrazine groups is 1. The van der Waals surface area contributed by atoms with Crippen LogP contribution in [0.3, 0.4) is 0 Å². The molecule has 5 rings (SSSR count). The van der Waals surface area contributed by atoms with Gasteiger partial charge in [0, 0.05) is 52.0 Å². The minimum atomic E-state index is -4.02. The summed E-state index contributed by atoms with van der Waals surface area (Å²) >= 11 is 2.84. The van der Waals surface area contributed by atoms with E-state index in [1.54, 1.807) is 29.9 Å². The lowest BCUT2D eigenvalue weighted by Crippen LogP contribution is -2.52. The molecule has 0 bridgehead atoms. The number of ether oxygens (including phenoxy) is 1. The number of benzene rings is 2. The number of thiazole rings is 2. The van der Waals surface area contributed by atoms with Crippen LogP contribution in [-0.4, -0.2) is 96.9 Å². The smallest absolute Gasteiger partial charge is 0.407 e. The number of carbonyl (C=O) groups is 1. The Morgan fingerprint density at radius 3 is 2.60 bits per heavy atom. The van der Waals surface area contributed by atoms with E-state index in [-0.39, 0.29) is 36.9 Å². The first-order valence-electron chi connectivity index (χ1n) is 15.8. The zero-order valence-electron chi connectivity index (χ0n) is 26.9. The summed E-state index contributed by atoms with van der Waals surface area (Å²) in [5.74, 6) is -0.0160. The number of hydrogen-bond donors (Lipinski definition) is 3. The van der Waals surface area contributed by atoms with Gasteiger partial charge in [0.25, 0.3) is 0 Å². The molecule has 0 aliphatic carbocycles. The molecule has 1 fully saturated rings. The molecule has 254 valence electrons. The topological polar surface area (TPSA) is 140 Å². The first-order chi connectivity index (χ1) is 22.6. The van der Waals surface area contributed by atoms with E-state index < -0.39 is 28.3 Å². The van der Waals surface area contributed by atoms with E-state index in [1.807, 2.05) is 44.2 Å². The molecule has 2 atom stereocenters. The number of aliphatic hydroxyl groups is 1. The first kappa shape index (κ1) is 35.1. The molecule has 47 heavy (non-hydrogen) atoms. The fourth-order valence-corrected chi connectivity index (χ4v) is 8.80. The Balaban J connectivity index is 1.36. The number of fused-ring (bicyclic) bond motifs is 1. The molecule has 2 aromatic heterocycles. The Morgan fingerprint density at radius 2 is 1.91 bits per heavy atom. The van der Waals surface area contributed by atoms with Crippen LogP contribution in [0.2, 0.25) is 0 Å². The van der Waals surface area contributed by atoms with E-state index in [9.17, 15) is 18.3 Å². The summed E-state index contributed by atoms with van der Waals surface area (Å²) in [6.07, 6.45) is -0.0239. The summed E-state index contributed by atoms with van der Waals surface area (Å²) in [6.45, 7) is 10.3. The number of anilines is 1. The third-order valence-corrected chi connectivity index (χ3v) is 11.4. The van der Waals surface area contributed by atoms with E-state index in [1.165, 1.54) is 27.0 Å². The summed E-state index contributed by atoms with van der Waals surface area (Å²) in [5, 5.41) is 22.9. The molecule has 1 aliphatic heterocycles. The average Bonchev–Trinajstić information content (AvgIpc) is 3.74. The van der Waals surface area contributed by atoms with Crippen molar-refractivity contribution in [2.75, 3.05) is 50.8 Å². The van der Waals surface area contributed by atoms with Crippen LogP contribution in [0.1, 0.15) is 31.2 Å². The van der Waals surface area contributed by atoms with E-state index in [2.05, 4.69) is 32.6 Å². The number of sulfonamides is 1. The molecule has 2 aromatic carbocycles. The normalized spacial score (nSPS) is 15.6. The minimum absolute atomic E-state index is 0.0160. The largest absolute Gasteiger partial charge is 0.444 e. The van der Waals surface area contributed by atoms with Crippen LogP contribution in [-0.2, 0) is 27.8 Å². The molecule has 3 N–H and O–H groups in total. The van der Waals surface area contributed by atoms with Crippen LogP contribution in [0.4, 0.5) is 9.93 Å². The molecule has 0 saturated carbocycles. The molecule has 3 heterocycles. The second kappa shape index (κ2) is 16.3. The Labute approximate surface area is 284 Å².